The van der Waals surface area contributed by atoms with Gasteiger partial charge in [-0.15, -0.1) is 0 Å². The number of pyridine rings is 2. The number of amides is 2. The number of nitrogens with zero attached hydrogens (tertiary/aromatic N) is 7. The third-order valence-electron chi connectivity index (χ3n) is 8.98. The van der Waals surface area contributed by atoms with E-state index < -0.39 is 51.2 Å². The molecule has 5 atom stereocenters. The van der Waals surface area contributed by atoms with E-state index in [1.165, 1.54) is 31.3 Å². The summed E-state index contributed by atoms with van der Waals surface area (Å²) >= 11 is 0. The van der Waals surface area contributed by atoms with Crippen LogP contribution in [-0.4, -0.2) is 105 Å². The summed E-state index contributed by atoms with van der Waals surface area (Å²) in [6.45, 7) is 8.55. The number of rotatable bonds is 10. The molecule has 0 aliphatic carbocycles. The molecule has 272 valence electrons. The maximum absolute atomic E-state index is 13.8. The van der Waals surface area contributed by atoms with Crippen molar-refractivity contribution in [3.05, 3.63) is 41.3 Å². The van der Waals surface area contributed by atoms with Gasteiger partial charge in [0.15, 0.2) is 12.0 Å². The molecule has 1 N–H and O–H groups in total. The number of aromatic nitrogens is 4. The molecule has 2 amide bonds. The fraction of sp³-hybridized carbons (Fsp3) is 0.471. The van der Waals surface area contributed by atoms with E-state index in [0.29, 0.717) is 33.9 Å². The number of hydrogen-bond donors (Lipinski definition) is 1. The second-order valence-electron chi connectivity index (χ2n) is 12.9. The van der Waals surface area contributed by atoms with E-state index in [0.717, 1.165) is 0 Å². The first kappa shape index (κ1) is 35.7. The smallest absolute Gasteiger partial charge is 0.356 e. The van der Waals surface area contributed by atoms with Gasteiger partial charge in [0.05, 0.1) is 62.6 Å². The Labute approximate surface area is 299 Å². The number of carbonyl (C=O) groups excluding carboxylic acids is 3. The second-order valence-corrected chi connectivity index (χ2v) is 14.3. The molecule has 2 saturated heterocycles. The van der Waals surface area contributed by atoms with E-state index in [4.69, 9.17) is 43.2 Å². The molecule has 2 fully saturated rings. The van der Waals surface area contributed by atoms with Crippen molar-refractivity contribution >= 4 is 65.2 Å². The molecule has 4 aromatic rings. The molecule has 2 bridgehead atoms. The molecule has 7 rings (SSSR count). The van der Waals surface area contributed by atoms with Crippen molar-refractivity contribution in [1.82, 2.24) is 29.5 Å². The van der Waals surface area contributed by atoms with Gasteiger partial charge >= 0.3 is 18.0 Å². The summed E-state index contributed by atoms with van der Waals surface area (Å²) in [5.41, 5.74) is 1.78. The normalized spacial score (nSPS) is 21.6. The van der Waals surface area contributed by atoms with Crippen LogP contribution in [-0.2, 0) is 28.0 Å². The lowest BCUT2D eigenvalue weighted by Crippen LogP contribution is -2.49. The first-order valence-electron chi connectivity index (χ1n) is 16.8. The van der Waals surface area contributed by atoms with Gasteiger partial charge in [-0.2, -0.15) is 5.26 Å². The molecule has 52 heavy (non-hydrogen) atoms. The van der Waals surface area contributed by atoms with Crippen LogP contribution in [0.1, 0.15) is 73.4 Å². The Bertz CT molecular complexity index is 2120. The molecular weight excluding hydrogens is 695 g/mol. The Balaban J connectivity index is 1.27. The van der Waals surface area contributed by atoms with Crippen LogP contribution in [0, 0.1) is 11.3 Å². The average Bonchev–Trinajstić information content (AvgIpc) is 3.41. The highest BCUT2D eigenvalue weighted by Gasteiger charge is 2.51. The maximum Gasteiger partial charge on any atom is 0.356 e. The minimum atomic E-state index is -1.56. The molecule has 0 radical (unpaired) electrons. The van der Waals surface area contributed by atoms with Crippen molar-refractivity contribution in [2.24, 2.45) is 0 Å². The van der Waals surface area contributed by atoms with Crippen molar-refractivity contribution in [3.63, 3.8) is 0 Å². The molecule has 18 heteroatoms. The zero-order chi connectivity index (χ0) is 36.8. The van der Waals surface area contributed by atoms with Crippen molar-refractivity contribution in [3.8, 4) is 6.07 Å². The standard InChI is InChI=1S/C34H37N8O9P/c1-16(2)42(17(3)4)52(49-13-7-12-35)51-22-14-24-41-31(48-15-23(22)50-24)29-30(40-34(41)45)39-28-19-9-11-21(33(44)47-6)37-26(19)25-18(27(28)38-29)8-10-20(36-25)32(43)46-5/h8-11,16-17,22-24,31H,7,13-15H2,1-6H3,(H,39,40,45)/t22-,23+,24+,31+,52?/m0/s1. The van der Waals surface area contributed by atoms with Gasteiger partial charge in [0.1, 0.15) is 34.9 Å². The van der Waals surface area contributed by atoms with Crippen LogP contribution in [0.25, 0.3) is 32.8 Å². The summed E-state index contributed by atoms with van der Waals surface area (Å²) in [6, 6.07) is 8.15. The predicted octanol–water partition coefficient (Wildman–Crippen LogP) is 4.95. The third-order valence-corrected chi connectivity index (χ3v) is 11.1. The predicted molar refractivity (Wildman–Crippen MR) is 186 cm³/mol. The van der Waals surface area contributed by atoms with Gasteiger partial charge in [-0.25, -0.2) is 39.0 Å². The number of nitriles is 1. The summed E-state index contributed by atoms with van der Waals surface area (Å²) < 4.78 is 37.4. The Morgan fingerprint density at radius 2 is 1.58 bits per heavy atom. The first-order valence-corrected chi connectivity index (χ1v) is 17.9. The van der Waals surface area contributed by atoms with E-state index in [2.05, 4.69) is 53.7 Å². The third kappa shape index (κ3) is 6.25. The summed E-state index contributed by atoms with van der Waals surface area (Å²) in [5, 5.41) is 12.9. The second kappa shape index (κ2) is 14.4. The lowest BCUT2D eigenvalue weighted by atomic mass is 10.0. The van der Waals surface area contributed by atoms with Gasteiger partial charge in [-0.1, -0.05) is 0 Å². The molecule has 3 aromatic heterocycles. The largest absolute Gasteiger partial charge is 0.464 e. The highest BCUT2D eigenvalue weighted by Crippen LogP contribution is 2.51. The van der Waals surface area contributed by atoms with Gasteiger partial charge in [-0.3, -0.25) is 10.2 Å². The monoisotopic (exact) mass is 732 g/mol. The number of esters is 2. The maximum atomic E-state index is 13.8. The van der Waals surface area contributed by atoms with Gasteiger partial charge in [0.25, 0.3) is 8.53 Å². The van der Waals surface area contributed by atoms with Crippen LogP contribution in [0.3, 0.4) is 0 Å². The Hall–Kier alpha value is -4.69. The highest BCUT2D eigenvalue weighted by atomic mass is 31.2. The number of ether oxygens (including phenoxy) is 4. The average molecular weight is 733 g/mol. The number of benzene rings is 1. The first-order chi connectivity index (χ1) is 25.0. The summed E-state index contributed by atoms with van der Waals surface area (Å²) in [4.78, 5) is 59.1. The molecule has 6 heterocycles. The number of nitrogens with one attached hydrogen (secondary N) is 1. The van der Waals surface area contributed by atoms with Crippen LogP contribution in [0.4, 0.5) is 10.6 Å². The molecular formula is C34H37N8O9P. The van der Waals surface area contributed by atoms with Gasteiger partial charge in [0.2, 0.25) is 0 Å². The zero-order valence-corrected chi connectivity index (χ0v) is 30.2. The SMILES string of the molecule is COC(=O)c1ccc2c(n1)c1nc(C(=O)OC)ccc1c1nc3c(nc21)NC(=O)N1[C@@H]3OC[C@H]2O[C@@H]1C[C@@H]2OP(OCCC#N)N(C(C)C)C(C)C. The van der Waals surface area contributed by atoms with Crippen LogP contribution in [0.15, 0.2) is 24.3 Å². The number of fused-ring (bicyclic) bond motifs is 12. The van der Waals surface area contributed by atoms with Crippen LogP contribution >= 0.6 is 8.53 Å². The summed E-state index contributed by atoms with van der Waals surface area (Å²) in [7, 11) is 0.950. The fourth-order valence-corrected chi connectivity index (χ4v) is 8.52. The molecule has 0 saturated carbocycles. The molecule has 0 spiro atoms. The van der Waals surface area contributed by atoms with Crippen molar-refractivity contribution in [2.75, 3.05) is 32.8 Å². The number of methoxy groups -OCH3 is 2. The van der Waals surface area contributed by atoms with Crippen molar-refractivity contribution in [2.45, 2.75) is 77.3 Å². The summed E-state index contributed by atoms with van der Waals surface area (Å²) in [5.74, 6) is -1.11. The van der Waals surface area contributed by atoms with E-state index >= 15 is 0 Å². The van der Waals surface area contributed by atoms with Crippen LogP contribution in [0.2, 0.25) is 0 Å². The Morgan fingerprint density at radius 1 is 0.981 bits per heavy atom. The number of hydrogen-bond acceptors (Lipinski definition) is 15. The molecule has 1 unspecified atom stereocenters. The van der Waals surface area contributed by atoms with E-state index in [1.54, 1.807) is 12.1 Å². The van der Waals surface area contributed by atoms with E-state index in [-0.39, 0.29) is 60.0 Å². The van der Waals surface area contributed by atoms with Crippen molar-refractivity contribution in [1.29, 1.82) is 5.26 Å². The Morgan fingerprint density at radius 3 is 2.15 bits per heavy atom. The molecule has 3 aliphatic heterocycles. The minimum absolute atomic E-state index is 0.0300. The van der Waals surface area contributed by atoms with Gasteiger partial charge < -0.3 is 28.0 Å². The molecule has 3 aliphatic rings. The zero-order valence-electron chi connectivity index (χ0n) is 29.4. The quantitative estimate of drug-likeness (QED) is 0.0993. The lowest BCUT2D eigenvalue weighted by Gasteiger charge is -2.39. The lowest BCUT2D eigenvalue weighted by molar-refractivity contribution is -0.0696. The number of anilines is 1. The number of urea groups is 1. The number of carbonyl (C=O) groups is 3. The van der Waals surface area contributed by atoms with Crippen molar-refractivity contribution < 1.29 is 42.4 Å². The van der Waals surface area contributed by atoms with Crippen LogP contribution < -0.4 is 5.32 Å². The fourth-order valence-electron chi connectivity index (χ4n) is 6.76. The molecule has 17 nitrogen and oxygen atoms in total. The minimum Gasteiger partial charge on any atom is -0.464 e. The molecule has 1 aromatic carbocycles. The van der Waals surface area contributed by atoms with E-state index in [1.807, 2.05) is 0 Å². The summed E-state index contributed by atoms with van der Waals surface area (Å²) in [6.07, 6.45) is -2.06. The highest BCUT2D eigenvalue weighted by molar-refractivity contribution is 7.44. The van der Waals surface area contributed by atoms with Crippen LogP contribution in [0.5, 0.6) is 0 Å². The van der Waals surface area contributed by atoms with Gasteiger partial charge in [-0.05, 0) is 52.0 Å². The Kier molecular flexibility index (Phi) is 9.87. The van der Waals surface area contributed by atoms with E-state index in [9.17, 15) is 14.4 Å². The topological polar surface area (TPSA) is 200 Å². The van der Waals surface area contributed by atoms with Gasteiger partial charge in [0, 0.05) is 29.3 Å².